The van der Waals surface area contributed by atoms with E-state index in [1.165, 1.54) is 7.11 Å². The van der Waals surface area contributed by atoms with Crippen molar-refractivity contribution in [2.75, 3.05) is 12.4 Å². The number of thiazole rings is 1. The molecule has 0 aliphatic carbocycles. The van der Waals surface area contributed by atoms with Crippen LogP contribution in [0.15, 0.2) is 18.2 Å². The molecule has 1 aromatic carbocycles. The standard InChI is InChI=1S/C14H16ClN3O2S/c1-8-13(21-9(2)17-8)7-16-14(19)18-11-6-10(15)4-5-12(11)20-3/h4-6H,7H2,1-3H3,(H2,16,18,19). The summed E-state index contributed by atoms with van der Waals surface area (Å²) in [5.41, 5.74) is 1.47. The summed E-state index contributed by atoms with van der Waals surface area (Å²) in [6.07, 6.45) is 0. The first kappa shape index (κ1) is 15.6. The number of halogens is 1. The monoisotopic (exact) mass is 325 g/mol. The highest BCUT2D eigenvalue weighted by atomic mass is 35.5. The second-order valence-electron chi connectivity index (χ2n) is 4.39. The van der Waals surface area contributed by atoms with Crippen LogP contribution in [0.2, 0.25) is 5.02 Å². The number of aryl methyl sites for hydroxylation is 2. The van der Waals surface area contributed by atoms with Gasteiger partial charge in [0.25, 0.3) is 0 Å². The summed E-state index contributed by atoms with van der Waals surface area (Å²) in [6.45, 7) is 4.31. The van der Waals surface area contributed by atoms with Crippen molar-refractivity contribution >= 4 is 34.7 Å². The van der Waals surface area contributed by atoms with Crippen LogP contribution in [0.25, 0.3) is 0 Å². The summed E-state index contributed by atoms with van der Waals surface area (Å²) in [5, 5.41) is 7.03. The highest BCUT2D eigenvalue weighted by Crippen LogP contribution is 2.27. The smallest absolute Gasteiger partial charge is 0.319 e. The number of anilines is 1. The molecule has 1 heterocycles. The van der Waals surface area contributed by atoms with E-state index in [4.69, 9.17) is 16.3 Å². The maximum Gasteiger partial charge on any atom is 0.319 e. The molecule has 2 aromatic rings. The zero-order valence-electron chi connectivity index (χ0n) is 12.0. The van der Waals surface area contributed by atoms with Gasteiger partial charge in [-0.15, -0.1) is 11.3 Å². The highest BCUT2D eigenvalue weighted by Gasteiger charge is 2.10. The lowest BCUT2D eigenvalue weighted by molar-refractivity contribution is 0.251. The zero-order chi connectivity index (χ0) is 15.4. The largest absolute Gasteiger partial charge is 0.495 e. The van der Waals surface area contributed by atoms with Crippen LogP contribution in [-0.2, 0) is 6.54 Å². The number of carbonyl (C=O) groups excluding carboxylic acids is 1. The summed E-state index contributed by atoms with van der Waals surface area (Å²) >= 11 is 7.49. The fourth-order valence-corrected chi connectivity index (χ4v) is 2.89. The lowest BCUT2D eigenvalue weighted by Crippen LogP contribution is -2.28. The number of methoxy groups -OCH3 is 1. The predicted octanol–water partition coefficient (Wildman–Crippen LogP) is 3.74. The quantitative estimate of drug-likeness (QED) is 0.900. The molecule has 0 aliphatic rings. The normalized spacial score (nSPS) is 10.3. The molecule has 2 rings (SSSR count). The molecule has 1 aromatic heterocycles. The highest BCUT2D eigenvalue weighted by molar-refractivity contribution is 7.11. The minimum absolute atomic E-state index is 0.319. The van der Waals surface area contributed by atoms with E-state index in [-0.39, 0.29) is 6.03 Å². The first-order valence-corrected chi connectivity index (χ1v) is 7.50. The van der Waals surface area contributed by atoms with Crippen molar-refractivity contribution in [1.82, 2.24) is 10.3 Å². The van der Waals surface area contributed by atoms with E-state index in [2.05, 4.69) is 15.6 Å². The Morgan fingerprint density at radius 3 is 2.81 bits per heavy atom. The first-order valence-electron chi connectivity index (χ1n) is 6.31. The number of nitrogens with zero attached hydrogens (tertiary/aromatic N) is 1. The van der Waals surface area contributed by atoms with E-state index in [0.717, 1.165) is 15.6 Å². The number of rotatable bonds is 4. The second-order valence-corrected chi connectivity index (χ2v) is 6.12. The van der Waals surface area contributed by atoms with Gasteiger partial charge in [0.1, 0.15) is 5.75 Å². The van der Waals surface area contributed by atoms with Gasteiger partial charge in [0.2, 0.25) is 0 Å². The Morgan fingerprint density at radius 2 is 2.19 bits per heavy atom. The fraction of sp³-hybridized carbons (Fsp3) is 0.286. The molecular formula is C14H16ClN3O2S. The van der Waals surface area contributed by atoms with Gasteiger partial charge in [-0.3, -0.25) is 0 Å². The van der Waals surface area contributed by atoms with Crippen molar-refractivity contribution in [1.29, 1.82) is 0 Å². The van der Waals surface area contributed by atoms with Crippen molar-refractivity contribution in [2.45, 2.75) is 20.4 Å². The summed E-state index contributed by atoms with van der Waals surface area (Å²) in [4.78, 5) is 17.3. The van der Waals surface area contributed by atoms with E-state index in [1.54, 1.807) is 29.5 Å². The summed E-state index contributed by atoms with van der Waals surface area (Å²) in [6, 6.07) is 4.73. The number of aromatic nitrogens is 1. The van der Waals surface area contributed by atoms with Gasteiger partial charge in [0, 0.05) is 9.90 Å². The Balaban J connectivity index is 1.99. The van der Waals surface area contributed by atoms with E-state index in [0.29, 0.717) is 23.0 Å². The number of ether oxygens (including phenoxy) is 1. The van der Waals surface area contributed by atoms with Gasteiger partial charge in [-0.2, -0.15) is 0 Å². The maximum atomic E-state index is 11.9. The van der Waals surface area contributed by atoms with E-state index < -0.39 is 0 Å². The molecule has 2 amide bonds. The second kappa shape index (κ2) is 6.78. The van der Waals surface area contributed by atoms with Gasteiger partial charge < -0.3 is 15.4 Å². The minimum atomic E-state index is -0.319. The molecule has 0 atom stereocenters. The average molecular weight is 326 g/mol. The molecule has 0 fully saturated rings. The SMILES string of the molecule is COc1ccc(Cl)cc1NC(=O)NCc1sc(C)nc1C. The molecule has 7 heteroatoms. The van der Waals surface area contributed by atoms with Crippen molar-refractivity contribution in [2.24, 2.45) is 0 Å². The molecule has 0 saturated heterocycles. The van der Waals surface area contributed by atoms with Gasteiger partial charge >= 0.3 is 6.03 Å². The molecule has 0 saturated carbocycles. The van der Waals surface area contributed by atoms with Crippen LogP contribution < -0.4 is 15.4 Å². The Kier molecular flexibility index (Phi) is 5.03. The summed E-state index contributed by atoms with van der Waals surface area (Å²) in [7, 11) is 1.54. The van der Waals surface area contributed by atoms with E-state index in [1.807, 2.05) is 13.8 Å². The molecule has 0 unspecified atom stereocenters. The van der Waals surface area contributed by atoms with E-state index >= 15 is 0 Å². The number of amides is 2. The topological polar surface area (TPSA) is 63.2 Å². The Bertz CT molecular complexity index is 658. The summed E-state index contributed by atoms with van der Waals surface area (Å²) in [5.74, 6) is 0.555. The van der Waals surface area contributed by atoms with Crippen LogP contribution in [0.4, 0.5) is 10.5 Å². The van der Waals surface area contributed by atoms with Crippen LogP contribution in [0.3, 0.4) is 0 Å². The van der Waals surface area contributed by atoms with Crippen LogP contribution in [0, 0.1) is 13.8 Å². The van der Waals surface area contributed by atoms with Gasteiger partial charge in [-0.25, -0.2) is 9.78 Å². The zero-order valence-corrected chi connectivity index (χ0v) is 13.6. The maximum absolute atomic E-state index is 11.9. The Labute approximate surface area is 132 Å². The number of urea groups is 1. The molecule has 0 aliphatic heterocycles. The fourth-order valence-electron chi connectivity index (χ4n) is 1.84. The van der Waals surface area contributed by atoms with Crippen molar-refractivity contribution in [3.8, 4) is 5.75 Å². The van der Waals surface area contributed by atoms with Crippen LogP contribution in [0.1, 0.15) is 15.6 Å². The third-order valence-corrected chi connectivity index (χ3v) is 4.13. The Hall–Kier alpha value is -1.79. The molecule has 21 heavy (non-hydrogen) atoms. The number of nitrogens with one attached hydrogen (secondary N) is 2. The van der Waals surface area contributed by atoms with Crippen molar-refractivity contribution in [3.63, 3.8) is 0 Å². The van der Waals surface area contributed by atoms with Crippen LogP contribution >= 0.6 is 22.9 Å². The molecule has 0 radical (unpaired) electrons. The lowest BCUT2D eigenvalue weighted by atomic mass is 10.3. The van der Waals surface area contributed by atoms with Gasteiger partial charge in [0.15, 0.2) is 0 Å². The summed E-state index contributed by atoms with van der Waals surface area (Å²) < 4.78 is 5.18. The number of benzene rings is 1. The van der Waals surface area contributed by atoms with Crippen LogP contribution in [0.5, 0.6) is 5.75 Å². The molecule has 0 spiro atoms. The Morgan fingerprint density at radius 1 is 1.43 bits per heavy atom. The predicted molar refractivity (Wildman–Crippen MR) is 85.5 cm³/mol. The van der Waals surface area contributed by atoms with Crippen molar-refractivity contribution in [3.05, 3.63) is 38.8 Å². The molecule has 112 valence electrons. The van der Waals surface area contributed by atoms with Crippen molar-refractivity contribution < 1.29 is 9.53 Å². The molecule has 2 N–H and O–H groups in total. The average Bonchev–Trinajstić information content (AvgIpc) is 2.75. The first-order chi connectivity index (χ1) is 9.99. The van der Waals surface area contributed by atoms with Gasteiger partial charge in [-0.1, -0.05) is 11.6 Å². The van der Waals surface area contributed by atoms with E-state index in [9.17, 15) is 4.79 Å². The molecule has 5 nitrogen and oxygen atoms in total. The number of hydrogen-bond donors (Lipinski definition) is 2. The minimum Gasteiger partial charge on any atom is -0.495 e. The van der Waals surface area contributed by atoms with Crippen LogP contribution in [-0.4, -0.2) is 18.1 Å². The van der Waals surface area contributed by atoms with Gasteiger partial charge in [-0.05, 0) is 32.0 Å². The molecule has 0 bridgehead atoms. The third-order valence-electron chi connectivity index (χ3n) is 2.82. The number of carbonyl (C=O) groups is 1. The molecular weight excluding hydrogens is 310 g/mol. The number of hydrogen-bond acceptors (Lipinski definition) is 4. The third kappa shape index (κ3) is 4.09. The van der Waals surface area contributed by atoms with Gasteiger partial charge in [0.05, 0.1) is 30.0 Å². The lowest BCUT2D eigenvalue weighted by Gasteiger charge is -2.11.